The van der Waals surface area contributed by atoms with Gasteiger partial charge in [0, 0.05) is 22.9 Å². The van der Waals surface area contributed by atoms with Crippen LogP contribution in [0, 0.1) is 12.8 Å². The average Bonchev–Trinajstić information content (AvgIpc) is 3.08. The Bertz CT molecular complexity index is 1060. The quantitative estimate of drug-likeness (QED) is 0.563. The summed E-state index contributed by atoms with van der Waals surface area (Å²) in [5.41, 5.74) is 2.48. The van der Waals surface area contributed by atoms with Gasteiger partial charge >= 0.3 is 6.18 Å². The SMILES string of the molecule is Cc1ccc2[nH]c([C@H]3C[C@H]3CC(=O)N[C@H](C)c3ccc(OCC(F)(F)F)s3)nc2n1. The number of halogens is 3. The van der Waals surface area contributed by atoms with Crippen LogP contribution in [0.15, 0.2) is 24.3 Å². The molecule has 2 N–H and O–H groups in total. The van der Waals surface area contributed by atoms with E-state index in [4.69, 9.17) is 4.74 Å². The van der Waals surface area contributed by atoms with Crippen LogP contribution in [0.2, 0.25) is 0 Å². The van der Waals surface area contributed by atoms with Crippen molar-refractivity contribution >= 4 is 28.4 Å². The van der Waals surface area contributed by atoms with Crippen LogP contribution in [0.5, 0.6) is 5.06 Å². The summed E-state index contributed by atoms with van der Waals surface area (Å²) in [7, 11) is 0. The lowest BCUT2D eigenvalue weighted by Crippen LogP contribution is -2.26. The van der Waals surface area contributed by atoms with Crippen LogP contribution >= 0.6 is 11.3 Å². The molecule has 3 atom stereocenters. The third kappa shape index (κ3) is 4.92. The number of aromatic amines is 1. The van der Waals surface area contributed by atoms with Gasteiger partial charge in [0.2, 0.25) is 5.91 Å². The van der Waals surface area contributed by atoms with Crippen molar-refractivity contribution in [1.82, 2.24) is 20.3 Å². The highest BCUT2D eigenvalue weighted by atomic mass is 32.1. The molecule has 1 saturated carbocycles. The molecule has 0 unspecified atom stereocenters. The lowest BCUT2D eigenvalue weighted by Gasteiger charge is -2.12. The number of hydrogen-bond acceptors (Lipinski definition) is 5. The van der Waals surface area contributed by atoms with E-state index in [1.807, 2.05) is 19.1 Å². The molecule has 1 aliphatic rings. The number of carbonyl (C=O) groups excluding carboxylic acids is 1. The summed E-state index contributed by atoms with van der Waals surface area (Å²) in [4.78, 5) is 25.4. The van der Waals surface area contributed by atoms with Gasteiger partial charge in [0.15, 0.2) is 17.3 Å². The highest BCUT2D eigenvalue weighted by Crippen LogP contribution is 2.48. The van der Waals surface area contributed by atoms with Crippen molar-refractivity contribution in [2.45, 2.75) is 44.8 Å². The zero-order valence-electron chi connectivity index (χ0n) is 16.4. The minimum absolute atomic E-state index is 0.0914. The van der Waals surface area contributed by atoms with Crippen LogP contribution in [0.3, 0.4) is 0 Å². The van der Waals surface area contributed by atoms with E-state index in [9.17, 15) is 18.0 Å². The van der Waals surface area contributed by atoms with Crippen LogP contribution in [-0.4, -0.2) is 33.6 Å². The minimum Gasteiger partial charge on any atom is -0.475 e. The Hall–Kier alpha value is -2.62. The molecule has 3 heterocycles. The first-order chi connectivity index (χ1) is 14.2. The van der Waals surface area contributed by atoms with Gasteiger partial charge < -0.3 is 15.0 Å². The van der Waals surface area contributed by atoms with E-state index in [0.29, 0.717) is 12.1 Å². The number of nitrogens with one attached hydrogen (secondary N) is 2. The fraction of sp³-hybridized carbons (Fsp3) is 0.450. The maximum absolute atomic E-state index is 12.4. The number of H-pyrrole nitrogens is 1. The summed E-state index contributed by atoms with van der Waals surface area (Å²) < 4.78 is 41.5. The van der Waals surface area contributed by atoms with E-state index in [0.717, 1.165) is 39.7 Å². The molecule has 30 heavy (non-hydrogen) atoms. The number of amides is 1. The van der Waals surface area contributed by atoms with Gasteiger partial charge in [0.1, 0.15) is 5.82 Å². The number of pyridine rings is 1. The number of fused-ring (bicyclic) bond motifs is 1. The molecule has 0 radical (unpaired) electrons. The lowest BCUT2D eigenvalue weighted by atomic mass is 10.2. The first kappa shape index (κ1) is 20.6. The molecule has 4 rings (SSSR count). The number of aryl methyl sites for hydroxylation is 1. The molecular formula is C20H21F3N4O2S. The zero-order valence-corrected chi connectivity index (χ0v) is 17.2. The molecule has 0 saturated heterocycles. The van der Waals surface area contributed by atoms with Gasteiger partial charge in [-0.3, -0.25) is 4.79 Å². The Morgan fingerprint density at radius 2 is 2.13 bits per heavy atom. The molecule has 10 heteroatoms. The highest BCUT2D eigenvalue weighted by molar-refractivity contribution is 7.13. The smallest absolute Gasteiger partial charge is 0.422 e. The molecule has 1 amide bonds. The summed E-state index contributed by atoms with van der Waals surface area (Å²) >= 11 is 1.10. The molecule has 3 aromatic heterocycles. The standard InChI is InChI=1S/C20H21F3N4O2S/c1-10-3-4-14-19(24-10)27-18(26-14)13-7-12(13)8-16(28)25-11(2)15-5-6-17(30-15)29-9-20(21,22)23/h3-6,11-13H,7-9H2,1-2H3,(H,25,28)(H,24,26,27)/t11-,12+,13+/m1/s1. The van der Waals surface area contributed by atoms with Crippen molar-refractivity contribution in [3.8, 4) is 5.06 Å². The van der Waals surface area contributed by atoms with E-state index in [1.165, 1.54) is 6.07 Å². The number of ether oxygens (including phenoxy) is 1. The largest absolute Gasteiger partial charge is 0.475 e. The van der Waals surface area contributed by atoms with Crippen LogP contribution in [-0.2, 0) is 4.79 Å². The fourth-order valence-corrected chi connectivity index (χ4v) is 4.25. The van der Waals surface area contributed by atoms with Crippen molar-refractivity contribution in [2.75, 3.05) is 6.61 Å². The molecule has 0 bridgehead atoms. The summed E-state index contributed by atoms with van der Waals surface area (Å²) in [5, 5.41) is 3.09. The molecular weight excluding hydrogens is 417 g/mol. The number of thiophene rings is 1. The van der Waals surface area contributed by atoms with Gasteiger partial charge in [-0.2, -0.15) is 13.2 Å². The second-order valence-corrected chi connectivity index (χ2v) is 8.68. The number of hydrogen-bond donors (Lipinski definition) is 2. The topological polar surface area (TPSA) is 79.9 Å². The molecule has 3 aromatic rings. The summed E-state index contributed by atoms with van der Waals surface area (Å²) in [6, 6.07) is 6.73. The Morgan fingerprint density at radius 1 is 1.33 bits per heavy atom. The van der Waals surface area contributed by atoms with Gasteiger partial charge in [-0.15, -0.1) is 11.3 Å². The molecule has 1 fully saturated rings. The number of rotatable bonds is 7. The van der Waals surface area contributed by atoms with Crippen LogP contribution in [0.4, 0.5) is 13.2 Å². The minimum atomic E-state index is -4.38. The van der Waals surface area contributed by atoms with Crippen LogP contribution in [0.1, 0.15) is 48.1 Å². The number of imidazole rings is 1. The van der Waals surface area contributed by atoms with Crippen LogP contribution in [0.25, 0.3) is 11.2 Å². The molecule has 0 aliphatic heterocycles. The summed E-state index contributed by atoms with van der Waals surface area (Å²) in [6.45, 7) is 2.39. The van der Waals surface area contributed by atoms with Crippen molar-refractivity contribution in [1.29, 1.82) is 0 Å². The monoisotopic (exact) mass is 438 g/mol. The summed E-state index contributed by atoms with van der Waals surface area (Å²) in [5.74, 6) is 1.20. The predicted octanol–water partition coefficient (Wildman–Crippen LogP) is 4.64. The second kappa shape index (κ2) is 7.90. The van der Waals surface area contributed by atoms with E-state index in [-0.39, 0.29) is 28.8 Å². The van der Waals surface area contributed by atoms with Gasteiger partial charge in [0.25, 0.3) is 0 Å². The maximum atomic E-state index is 12.4. The molecule has 160 valence electrons. The molecule has 0 aromatic carbocycles. The van der Waals surface area contributed by atoms with Gasteiger partial charge in [-0.25, -0.2) is 9.97 Å². The van der Waals surface area contributed by atoms with Crippen molar-refractivity contribution < 1.29 is 22.7 Å². The van der Waals surface area contributed by atoms with Crippen molar-refractivity contribution in [3.05, 3.63) is 40.7 Å². The third-order valence-electron chi connectivity index (χ3n) is 5.01. The Morgan fingerprint density at radius 3 is 2.90 bits per heavy atom. The van der Waals surface area contributed by atoms with E-state index >= 15 is 0 Å². The zero-order chi connectivity index (χ0) is 21.5. The van der Waals surface area contributed by atoms with Crippen molar-refractivity contribution in [2.24, 2.45) is 5.92 Å². The maximum Gasteiger partial charge on any atom is 0.422 e. The van der Waals surface area contributed by atoms with Gasteiger partial charge in [0.05, 0.1) is 11.6 Å². The fourth-order valence-electron chi connectivity index (χ4n) is 3.40. The first-order valence-electron chi connectivity index (χ1n) is 9.60. The normalized spacial score (nSPS) is 19.6. The lowest BCUT2D eigenvalue weighted by molar-refractivity contribution is -0.152. The average molecular weight is 438 g/mol. The van der Waals surface area contributed by atoms with E-state index in [1.54, 1.807) is 13.0 Å². The molecule has 1 aliphatic carbocycles. The molecule has 0 spiro atoms. The Labute approximate surface area is 174 Å². The number of nitrogens with zero attached hydrogens (tertiary/aromatic N) is 2. The second-order valence-electron chi connectivity index (χ2n) is 7.60. The van der Waals surface area contributed by atoms with Gasteiger partial charge in [-0.05, 0) is 50.5 Å². The number of aromatic nitrogens is 3. The Kier molecular flexibility index (Phi) is 5.44. The third-order valence-corrected chi connectivity index (χ3v) is 6.19. The highest BCUT2D eigenvalue weighted by Gasteiger charge is 2.42. The first-order valence-corrected chi connectivity index (χ1v) is 10.4. The van der Waals surface area contributed by atoms with Crippen molar-refractivity contribution in [3.63, 3.8) is 0 Å². The number of carbonyl (C=O) groups is 1. The van der Waals surface area contributed by atoms with Crippen LogP contribution < -0.4 is 10.1 Å². The molecule has 6 nitrogen and oxygen atoms in total. The van der Waals surface area contributed by atoms with Gasteiger partial charge in [-0.1, -0.05) is 0 Å². The number of alkyl halides is 3. The summed E-state index contributed by atoms with van der Waals surface area (Å²) in [6.07, 6.45) is -3.12. The predicted molar refractivity (Wildman–Crippen MR) is 107 cm³/mol. The Balaban J connectivity index is 1.28. The van der Waals surface area contributed by atoms with E-state index in [2.05, 4.69) is 20.3 Å². The van der Waals surface area contributed by atoms with E-state index < -0.39 is 12.8 Å².